The van der Waals surface area contributed by atoms with Crippen molar-refractivity contribution < 1.29 is 9.59 Å². The third-order valence-corrected chi connectivity index (χ3v) is 5.38. The topological polar surface area (TPSA) is 52.7 Å². The van der Waals surface area contributed by atoms with Gasteiger partial charge in [-0.15, -0.1) is 0 Å². The Morgan fingerprint density at radius 3 is 2.37 bits per heavy atom. The second-order valence-electron chi connectivity index (χ2n) is 7.52. The van der Waals surface area contributed by atoms with Gasteiger partial charge in [-0.3, -0.25) is 9.59 Å². The summed E-state index contributed by atoms with van der Waals surface area (Å²) >= 11 is 0. The molecular weight excluding hydrogens is 338 g/mol. The van der Waals surface area contributed by atoms with Gasteiger partial charge in [0.2, 0.25) is 0 Å². The van der Waals surface area contributed by atoms with Gasteiger partial charge in [0.05, 0.1) is 0 Å². The smallest absolute Gasteiger partial charge is 0.256 e. The minimum Gasteiger partial charge on any atom is -0.361 e. The number of anilines is 1. The number of hydrogen-bond donors (Lipinski definition) is 1. The summed E-state index contributed by atoms with van der Waals surface area (Å²) in [6.07, 6.45) is 1.98. The number of benzene rings is 2. The second-order valence-corrected chi connectivity index (χ2v) is 7.52. The Morgan fingerprint density at radius 1 is 1.04 bits per heavy atom. The maximum atomic E-state index is 12.8. The SMILES string of the molecule is CC(C)N1C(=O)c2ccccc2[C@H]1Nc1ccc(C(=O)N2CCCC2)cc1. The molecule has 2 aromatic carbocycles. The number of nitrogens with one attached hydrogen (secondary N) is 1. The van der Waals surface area contributed by atoms with E-state index in [0.717, 1.165) is 42.7 Å². The molecule has 140 valence electrons. The highest BCUT2D eigenvalue weighted by Gasteiger charge is 2.37. The minimum absolute atomic E-state index is 0.0546. The van der Waals surface area contributed by atoms with Crippen LogP contribution in [0.15, 0.2) is 48.5 Å². The summed E-state index contributed by atoms with van der Waals surface area (Å²) in [5.41, 5.74) is 3.36. The van der Waals surface area contributed by atoms with E-state index in [2.05, 4.69) is 5.32 Å². The molecule has 2 aromatic rings. The lowest BCUT2D eigenvalue weighted by atomic mass is 10.1. The van der Waals surface area contributed by atoms with E-state index in [1.807, 2.05) is 72.2 Å². The van der Waals surface area contributed by atoms with Crippen LogP contribution in [0, 0.1) is 0 Å². The molecule has 1 fully saturated rings. The van der Waals surface area contributed by atoms with E-state index >= 15 is 0 Å². The summed E-state index contributed by atoms with van der Waals surface area (Å²) in [6.45, 7) is 5.75. The lowest BCUT2D eigenvalue weighted by molar-refractivity contribution is 0.0684. The number of amides is 2. The lowest BCUT2D eigenvalue weighted by Gasteiger charge is -2.30. The fraction of sp³-hybridized carbons (Fsp3) is 0.364. The first-order valence-corrected chi connectivity index (χ1v) is 9.64. The summed E-state index contributed by atoms with van der Waals surface area (Å²) in [6, 6.07) is 15.4. The van der Waals surface area contributed by atoms with Crippen LogP contribution in [0.2, 0.25) is 0 Å². The summed E-state index contributed by atoms with van der Waals surface area (Å²) in [4.78, 5) is 29.0. The molecule has 0 aromatic heterocycles. The van der Waals surface area contributed by atoms with E-state index in [1.165, 1.54) is 0 Å². The van der Waals surface area contributed by atoms with Gasteiger partial charge in [0.1, 0.15) is 6.17 Å². The van der Waals surface area contributed by atoms with Crippen molar-refractivity contribution in [1.29, 1.82) is 0 Å². The molecule has 5 nitrogen and oxygen atoms in total. The van der Waals surface area contributed by atoms with Gasteiger partial charge in [-0.05, 0) is 57.0 Å². The largest absolute Gasteiger partial charge is 0.361 e. The van der Waals surface area contributed by atoms with Crippen molar-refractivity contribution in [2.45, 2.75) is 38.9 Å². The van der Waals surface area contributed by atoms with Crippen LogP contribution in [0.4, 0.5) is 5.69 Å². The van der Waals surface area contributed by atoms with E-state index in [4.69, 9.17) is 0 Å². The van der Waals surface area contributed by atoms with Crippen LogP contribution >= 0.6 is 0 Å². The Bertz CT molecular complexity index is 854. The van der Waals surface area contributed by atoms with Crippen LogP contribution in [0.25, 0.3) is 0 Å². The molecule has 0 bridgehead atoms. The van der Waals surface area contributed by atoms with Crippen LogP contribution in [0.5, 0.6) is 0 Å². The Hall–Kier alpha value is -2.82. The molecule has 0 unspecified atom stereocenters. The predicted octanol–water partition coefficient (Wildman–Crippen LogP) is 3.90. The zero-order valence-corrected chi connectivity index (χ0v) is 15.8. The summed E-state index contributed by atoms with van der Waals surface area (Å²) in [7, 11) is 0. The van der Waals surface area contributed by atoms with Gasteiger partial charge in [0.15, 0.2) is 0 Å². The van der Waals surface area contributed by atoms with Gasteiger partial charge in [0.25, 0.3) is 11.8 Å². The standard InChI is InChI=1S/C22H25N3O2/c1-15(2)25-20(18-7-3-4-8-19(18)22(25)27)23-17-11-9-16(10-12-17)21(26)24-13-5-6-14-24/h3-4,7-12,15,20,23H,5-6,13-14H2,1-2H3/t20-/m0/s1. The van der Waals surface area contributed by atoms with Crippen molar-refractivity contribution in [3.8, 4) is 0 Å². The molecule has 0 spiro atoms. The molecule has 27 heavy (non-hydrogen) atoms. The average Bonchev–Trinajstić information content (AvgIpc) is 3.30. The van der Waals surface area contributed by atoms with Crippen molar-refractivity contribution >= 4 is 17.5 Å². The maximum Gasteiger partial charge on any atom is 0.256 e. The van der Waals surface area contributed by atoms with E-state index < -0.39 is 0 Å². The fourth-order valence-electron chi connectivity index (χ4n) is 3.99. The number of fused-ring (bicyclic) bond motifs is 1. The van der Waals surface area contributed by atoms with Crippen molar-refractivity contribution in [3.63, 3.8) is 0 Å². The number of hydrogen-bond acceptors (Lipinski definition) is 3. The van der Waals surface area contributed by atoms with E-state index in [9.17, 15) is 9.59 Å². The monoisotopic (exact) mass is 363 g/mol. The van der Waals surface area contributed by atoms with Gasteiger partial charge in [-0.25, -0.2) is 0 Å². The molecule has 2 heterocycles. The lowest BCUT2D eigenvalue weighted by Crippen LogP contribution is -2.37. The number of nitrogens with zero attached hydrogens (tertiary/aromatic N) is 2. The van der Waals surface area contributed by atoms with Gasteiger partial charge >= 0.3 is 0 Å². The second kappa shape index (κ2) is 7.06. The van der Waals surface area contributed by atoms with Crippen LogP contribution in [-0.2, 0) is 0 Å². The van der Waals surface area contributed by atoms with Crippen molar-refractivity contribution in [3.05, 3.63) is 65.2 Å². The van der Waals surface area contributed by atoms with Crippen molar-refractivity contribution in [2.24, 2.45) is 0 Å². The number of carbonyl (C=O) groups excluding carboxylic acids is 2. The molecule has 1 saturated heterocycles. The first-order chi connectivity index (χ1) is 13.1. The van der Waals surface area contributed by atoms with Crippen LogP contribution in [0.1, 0.15) is 59.1 Å². The number of rotatable bonds is 4. The van der Waals surface area contributed by atoms with Crippen molar-refractivity contribution in [1.82, 2.24) is 9.80 Å². The quantitative estimate of drug-likeness (QED) is 0.896. The third-order valence-electron chi connectivity index (χ3n) is 5.38. The molecule has 2 aliphatic heterocycles. The first-order valence-electron chi connectivity index (χ1n) is 9.64. The van der Waals surface area contributed by atoms with Gasteiger partial charge in [-0.1, -0.05) is 18.2 Å². The summed E-state index contributed by atoms with van der Waals surface area (Å²) in [5, 5.41) is 3.47. The van der Waals surface area contributed by atoms with Crippen LogP contribution in [-0.4, -0.2) is 40.7 Å². The molecule has 0 radical (unpaired) electrons. The van der Waals surface area contributed by atoms with Gasteiger partial charge in [-0.2, -0.15) is 0 Å². The zero-order valence-electron chi connectivity index (χ0n) is 15.8. The molecule has 0 aliphatic carbocycles. The summed E-state index contributed by atoms with van der Waals surface area (Å²) < 4.78 is 0. The van der Waals surface area contributed by atoms with Crippen LogP contribution in [0.3, 0.4) is 0 Å². The average molecular weight is 363 g/mol. The Kier molecular flexibility index (Phi) is 4.60. The first kappa shape index (κ1) is 17.6. The molecule has 2 amide bonds. The molecule has 1 N–H and O–H groups in total. The van der Waals surface area contributed by atoms with E-state index in [1.54, 1.807) is 0 Å². The molecule has 0 saturated carbocycles. The molecule has 1 atom stereocenters. The van der Waals surface area contributed by atoms with Crippen LogP contribution < -0.4 is 5.32 Å². The van der Waals surface area contributed by atoms with E-state index in [-0.39, 0.29) is 24.0 Å². The highest BCUT2D eigenvalue weighted by molar-refractivity contribution is 5.99. The highest BCUT2D eigenvalue weighted by atomic mass is 16.2. The number of likely N-dealkylation sites (tertiary alicyclic amines) is 1. The maximum absolute atomic E-state index is 12.8. The van der Waals surface area contributed by atoms with E-state index in [0.29, 0.717) is 5.56 Å². The molecule has 4 rings (SSSR count). The fourth-order valence-corrected chi connectivity index (χ4v) is 3.99. The molecular formula is C22H25N3O2. The minimum atomic E-state index is -0.200. The number of carbonyl (C=O) groups is 2. The zero-order chi connectivity index (χ0) is 19.0. The molecule has 2 aliphatic rings. The normalized spacial score (nSPS) is 18.9. The third kappa shape index (κ3) is 3.18. The Morgan fingerprint density at radius 2 is 1.70 bits per heavy atom. The summed E-state index contributed by atoms with van der Waals surface area (Å²) in [5.74, 6) is 0.156. The predicted molar refractivity (Wildman–Crippen MR) is 106 cm³/mol. The highest BCUT2D eigenvalue weighted by Crippen LogP contribution is 2.35. The van der Waals surface area contributed by atoms with Gasteiger partial charge < -0.3 is 15.1 Å². The Labute approximate surface area is 160 Å². The Balaban J connectivity index is 1.56. The van der Waals surface area contributed by atoms with Gasteiger partial charge in [0, 0.05) is 41.5 Å². The molecule has 5 heteroatoms. The van der Waals surface area contributed by atoms with Crippen molar-refractivity contribution in [2.75, 3.05) is 18.4 Å².